The fourth-order valence-corrected chi connectivity index (χ4v) is 4.50. The molecule has 0 atom stereocenters. The van der Waals surface area contributed by atoms with E-state index in [2.05, 4.69) is 26.8 Å². The minimum Gasteiger partial charge on any atom is -0.457 e. The monoisotopic (exact) mass is 478 g/mol. The highest BCUT2D eigenvalue weighted by Crippen LogP contribution is 2.42. The summed E-state index contributed by atoms with van der Waals surface area (Å²) in [6, 6.07) is 11.6. The molecule has 0 aliphatic carbocycles. The van der Waals surface area contributed by atoms with Gasteiger partial charge in [-0.05, 0) is 59.9 Å². The molecule has 1 heterocycles. The molecule has 0 saturated heterocycles. The maximum atomic E-state index is 13.1. The molecule has 190 valence electrons. The highest BCUT2D eigenvalue weighted by atomic mass is 16.5. The van der Waals surface area contributed by atoms with Crippen LogP contribution in [0.2, 0.25) is 0 Å². The summed E-state index contributed by atoms with van der Waals surface area (Å²) in [6.07, 6.45) is 1.95. The maximum Gasteiger partial charge on any atom is 0.317 e. The van der Waals surface area contributed by atoms with Gasteiger partial charge in [0.1, 0.15) is 23.0 Å². The summed E-state index contributed by atoms with van der Waals surface area (Å²) in [6.45, 7) is 20.5. The van der Waals surface area contributed by atoms with E-state index >= 15 is 0 Å². The second kappa shape index (κ2) is 9.11. The minimum absolute atomic E-state index is 0.0884. The van der Waals surface area contributed by atoms with Gasteiger partial charge in [-0.1, -0.05) is 73.6 Å². The summed E-state index contributed by atoms with van der Waals surface area (Å²) < 4.78 is 12.0. The van der Waals surface area contributed by atoms with Gasteiger partial charge < -0.3 is 9.47 Å². The van der Waals surface area contributed by atoms with E-state index in [4.69, 9.17) is 9.47 Å². The van der Waals surface area contributed by atoms with Crippen molar-refractivity contribution in [3.05, 3.63) is 53.1 Å². The van der Waals surface area contributed by atoms with Crippen LogP contribution < -0.4 is 9.47 Å². The smallest absolute Gasteiger partial charge is 0.317 e. The van der Waals surface area contributed by atoms with Crippen LogP contribution >= 0.6 is 0 Å². The lowest BCUT2D eigenvalue weighted by atomic mass is 9.69. The van der Waals surface area contributed by atoms with Crippen LogP contribution in [0.15, 0.2) is 36.4 Å². The Labute approximate surface area is 211 Å². The van der Waals surface area contributed by atoms with Gasteiger partial charge in [-0.25, -0.2) is 0 Å². The highest BCUT2D eigenvalue weighted by Gasteiger charge is 2.41. The van der Waals surface area contributed by atoms with E-state index < -0.39 is 5.41 Å². The molecule has 0 saturated carbocycles. The summed E-state index contributed by atoms with van der Waals surface area (Å²) in [5, 5.41) is 0. The number of carbonyl (C=O) groups excluding carboxylic acids is 2. The van der Waals surface area contributed by atoms with E-state index in [0.29, 0.717) is 17.9 Å². The molecule has 2 aromatic carbocycles. The Bertz CT molecular complexity index is 1120. The standard InChI is InChI=1S/C31H42O4/c1-28(2,3)19-30(7,8)26(32)16-20-11-12-21-17-22-13-14-23(18-25(22)35-24(21)15-20)34-27(33)31(9,10)29(4,5)6/h11-15,18H,16-17,19H2,1-10H3. The van der Waals surface area contributed by atoms with Crippen LogP contribution in [0.3, 0.4) is 0 Å². The minimum atomic E-state index is -0.640. The molecule has 0 amide bonds. The van der Waals surface area contributed by atoms with E-state index in [1.54, 1.807) is 6.07 Å². The number of hydrogen-bond donors (Lipinski definition) is 0. The van der Waals surface area contributed by atoms with Crippen LogP contribution in [0.5, 0.6) is 17.2 Å². The molecule has 1 aliphatic heterocycles. The molecular weight excluding hydrogens is 436 g/mol. The maximum absolute atomic E-state index is 13.1. The second-order valence-corrected chi connectivity index (χ2v) is 13.5. The van der Waals surface area contributed by atoms with Crippen LogP contribution in [0.25, 0.3) is 0 Å². The zero-order valence-electron chi connectivity index (χ0n) is 23.2. The molecule has 4 nitrogen and oxygen atoms in total. The number of ketones is 1. The Morgan fingerprint density at radius 2 is 1.40 bits per heavy atom. The van der Waals surface area contributed by atoms with Crippen molar-refractivity contribution in [2.45, 2.75) is 88.5 Å². The van der Waals surface area contributed by atoms with E-state index in [0.717, 1.165) is 35.3 Å². The highest BCUT2D eigenvalue weighted by molar-refractivity contribution is 5.86. The van der Waals surface area contributed by atoms with Gasteiger partial charge in [0.15, 0.2) is 0 Å². The third-order valence-corrected chi connectivity index (χ3v) is 7.46. The van der Waals surface area contributed by atoms with Crippen molar-refractivity contribution in [3.8, 4) is 17.2 Å². The molecule has 0 N–H and O–H groups in total. The van der Waals surface area contributed by atoms with Gasteiger partial charge in [-0.2, -0.15) is 0 Å². The van der Waals surface area contributed by atoms with Crippen LogP contribution in [-0.4, -0.2) is 11.8 Å². The van der Waals surface area contributed by atoms with Crippen molar-refractivity contribution in [3.63, 3.8) is 0 Å². The van der Waals surface area contributed by atoms with E-state index in [9.17, 15) is 9.59 Å². The molecule has 0 radical (unpaired) electrons. The van der Waals surface area contributed by atoms with Crippen molar-refractivity contribution < 1.29 is 19.1 Å². The van der Waals surface area contributed by atoms with E-state index in [1.807, 2.05) is 72.7 Å². The topological polar surface area (TPSA) is 52.6 Å². The Balaban J connectivity index is 1.77. The van der Waals surface area contributed by atoms with Gasteiger partial charge in [-0.15, -0.1) is 0 Å². The van der Waals surface area contributed by atoms with Crippen molar-refractivity contribution in [1.82, 2.24) is 0 Å². The Kier molecular flexibility index (Phi) is 7.02. The van der Waals surface area contributed by atoms with Crippen molar-refractivity contribution in [2.24, 2.45) is 21.7 Å². The Hall–Kier alpha value is -2.62. The average Bonchev–Trinajstić information content (AvgIpc) is 2.69. The number of rotatable bonds is 6. The number of benzene rings is 2. The lowest BCUT2D eigenvalue weighted by molar-refractivity contribution is -0.150. The molecule has 35 heavy (non-hydrogen) atoms. The number of hydrogen-bond acceptors (Lipinski definition) is 4. The lowest BCUT2D eigenvalue weighted by Crippen LogP contribution is -2.40. The first-order chi connectivity index (χ1) is 15.9. The van der Waals surface area contributed by atoms with Gasteiger partial charge >= 0.3 is 5.97 Å². The summed E-state index contributed by atoms with van der Waals surface area (Å²) in [5.41, 5.74) is 1.91. The summed E-state index contributed by atoms with van der Waals surface area (Å²) in [5.74, 6) is 1.90. The molecule has 3 rings (SSSR count). The first kappa shape index (κ1) is 27.0. The Morgan fingerprint density at radius 1 is 0.829 bits per heavy atom. The zero-order chi connectivity index (χ0) is 26.4. The predicted octanol–water partition coefficient (Wildman–Crippen LogP) is 7.93. The third-order valence-electron chi connectivity index (χ3n) is 7.46. The second-order valence-electron chi connectivity index (χ2n) is 13.5. The molecule has 1 aliphatic rings. The third kappa shape index (κ3) is 6.15. The summed E-state index contributed by atoms with van der Waals surface area (Å²) in [4.78, 5) is 26.0. The number of esters is 1. The van der Waals surface area contributed by atoms with Gasteiger partial charge in [0.2, 0.25) is 0 Å². The molecule has 0 spiro atoms. The molecule has 4 heteroatoms. The molecule has 0 aromatic heterocycles. The molecule has 2 aromatic rings. The van der Waals surface area contributed by atoms with Gasteiger partial charge in [0.25, 0.3) is 0 Å². The zero-order valence-corrected chi connectivity index (χ0v) is 23.2. The van der Waals surface area contributed by atoms with Crippen LogP contribution in [0.1, 0.15) is 92.3 Å². The van der Waals surface area contributed by atoms with Crippen molar-refractivity contribution >= 4 is 11.8 Å². The van der Waals surface area contributed by atoms with Crippen molar-refractivity contribution in [1.29, 1.82) is 0 Å². The first-order valence-electron chi connectivity index (χ1n) is 12.6. The average molecular weight is 479 g/mol. The van der Waals surface area contributed by atoms with E-state index in [-0.39, 0.29) is 28.0 Å². The molecule has 0 bridgehead atoms. The SMILES string of the molecule is CC(C)(C)CC(C)(C)C(=O)Cc1ccc2c(c1)Oc1cc(OC(=O)C(C)(C)C(C)(C)C)ccc1C2. The van der Waals surface area contributed by atoms with Gasteiger partial charge in [0, 0.05) is 24.3 Å². The fraction of sp³-hybridized carbons (Fsp3) is 0.548. The first-order valence-corrected chi connectivity index (χ1v) is 12.6. The lowest BCUT2D eigenvalue weighted by Gasteiger charge is -2.36. The van der Waals surface area contributed by atoms with Crippen LogP contribution in [0.4, 0.5) is 0 Å². The quantitative estimate of drug-likeness (QED) is 0.266. The number of carbonyl (C=O) groups is 2. The number of fused-ring (bicyclic) bond motifs is 2. The molecule has 0 fully saturated rings. The van der Waals surface area contributed by atoms with Crippen molar-refractivity contribution in [2.75, 3.05) is 0 Å². The normalized spacial score (nSPS) is 14.0. The van der Waals surface area contributed by atoms with Gasteiger partial charge in [-0.3, -0.25) is 9.59 Å². The number of ether oxygens (including phenoxy) is 2. The van der Waals surface area contributed by atoms with Crippen LogP contribution in [-0.2, 0) is 22.4 Å². The Morgan fingerprint density at radius 3 is 1.97 bits per heavy atom. The molecule has 0 unspecified atom stereocenters. The van der Waals surface area contributed by atoms with E-state index in [1.165, 1.54) is 0 Å². The largest absolute Gasteiger partial charge is 0.457 e. The van der Waals surface area contributed by atoms with Crippen LogP contribution in [0, 0.1) is 21.7 Å². The predicted molar refractivity (Wildman–Crippen MR) is 141 cm³/mol. The fourth-order valence-electron chi connectivity index (χ4n) is 4.50. The number of Topliss-reactive ketones (excluding diaryl/α,β-unsaturated/α-hetero) is 1. The molecular formula is C31H42O4. The summed E-state index contributed by atoms with van der Waals surface area (Å²) in [7, 11) is 0. The van der Waals surface area contributed by atoms with Gasteiger partial charge in [0.05, 0.1) is 5.41 Å². The summed E-state index contributed by atoms with van der Waals surface area (Å²) >= 11 is 0.